The lowest BCUT2D eigenvalue weighted by molar-refractivity contribution is -0.122. The van der Waals surface area contributed by atoms with Gasteiger partial charge in [-0.3, -0.25) is 9.78 Å². The molecule has 1 aliphatic rings. The van der Waals surface area contributed by atoms with Gasteiger partial charge in [-0.25, -0.2) is 8.42 Å². The molecule has 0 bridgehead atoms. The van der Waals surface area contributed by atoms with E-state index in [1.54, 1.807) is 24.4 Å². The Hall–Kier alpha value is -1.47. The molecule has 0 radical (unpaired) electrons. The van der Waals surface area contributed by atoms with Gasteiger partial charge >= 0.3 is 0 Å². The van der Waals surface area contributed by atoms with Crippen molar-refractivity contribution in [1.29, 1.82) is 0 Å². The van der Waals surface area contributed by atoms with Crippen molar-refractivity contribution in [2.24, 2.45) is 0 Å². The average molecular weight is 311 g/mol. The van der Waals surface area contributed by atoms with Gasteiger partial charge in [-0.15, -0.1) is 0 Å². The van der Waals surface area contributed by atoms with Gasteiger partial charge in [-0.05, 0) is 25.0 Å². The Morgan fingerprint density at radius 1 is 1.38 bits per heavy atom. The van der Waals surface area contributed by atoms with E-state index in [9.17, 15) is 13.2 Å². The van der Waals surface area contributed by atoms with E-state index in [0.717, 1.165) is 36.2 Å². The van der Waals surface area contributed by atoms with Gasteiger partial charge in [0.25, 0.3) is 0 Å². The van der Waals surface area contributed by atoms with Gasteiger partial charge in [0.2, 0.25) is 15.9 Å². The van der Waals surface area contributed by atoms with Crippen molar-refractivity contribution in [3.63, 3.8) is 0 Å². The Kier molecular flexibility index (Phi) is 5.30. The number of aromatic nitrogens is 1. The Morgan fingerprint density at radius 2 is 2.10 bits per heavy atom. The van der Waals surface area contributed by atoms with E-state index in [1.165, 1.54) is 0 Å². The number of pyridine rings is 1. The Labute approximate surface area is 125 Å². The lowest BCUT2D eigenvalue weighted by Crippen LogP contribution is -2.43. The van der Waals surface area contributed by atoms with Gasteiger partial charge in [-0.2, -0.15) is 4.31 Å². The zero-order valence-corrected chi connectivity index (χ0v) is 13.0. The van der Waals surface area contributed by atoms with Gasteiger partial charge in [0.15, 0.2) is 0 Å². The Balaban J connectivity index is 1.98. The predicted octanol–water partition coefficient (Wildman–Crippen LogP) is 0.902. The Morgan fingerprint density at radius 3 is 2.67 bits per heavy atom. The van der Waals surface area contributed by atoms with E-state index in [2.05, 4.69) is 10.3 Å². The van der Waals surface area contributed by atoms with Gasteiger partial charge in [0, 0.05) is 12.2 Å². The number of carbonyl (C=O) groups excluding carboxylic acids is 1. The molecule has 1 N–H and O–H groups in total. The van der Waals surface area contributed by atoms with Gasteiger partial charge in [-0.1, -0.05) is 18.9 Å². The minimum atomic E-state index is -3.46. The van der Waals surface area contributed by atoms with Crippen LogP contribution in [0.4, 0.5) is 0 Å². The molecular weight excluding hydrogens is 290 g/mol. The van der Waals surface area contributed by atoms with Crippen LogP contribution < -0.4 is 5.32 Å². The summed E-state index contributed by atoms with van der Waals surface area (Å²) in [5, 5.41) is 2.90. The maximum Gasteiger partial charge on any atom is 0.235 e. The Bertz CT molecular complexity index is 568. The molecule has 0 aliphatic heterocycles. The number of hydrogen-bond donors (Lipinski definition) is 1. The molecule has 116 valence electrons. The second-order valence-electron chi connectivity index (χ2n) is 5.40. The molecule has 2 rings (SSSR count). The number of nitrogens with one attached hydrogen (secondary N) is 1. The first-order chi connectivity index (χ1) is 9.95. The maximum absolute atomic E-state index is 12.0. The summed E-state index contributed by atoms with van der Waals surface area (Å²) in [5.74, 6) is -0.247. The van der Waals surface area contributed by atoms with Gasteiger partial charge in [0.1, 0.15) is 0 Å². The zero-order valence-electron chi connectivity index (χ0n) is 12.2. The summed E-state index contributed by atoms with van der Waals surface area (Å²) in [6.45, 7) is -0.0519. The van der Waals surface area contributed by atoms with Crippen LogP contribution >= 0.6 is 0 Å². The van der Waals surface area contributed by atoms with E-state index >= 15 is 0 Å². The highest BCUT2D eigenvalue weighted by atomic mass is 32.2. The highest BCUT2D eigenvalue weighted by Crippen LogP contribution is 2.17. The maximum atomic E-state index is 12.0. The van der Waals surface area contributed by atoms with Crippen LogP contribution in [0.3, 0.4) is 0 Å². The molecule has 6 nitrogen and oxygen atoms in total. The number of sulfonamides is 1. The van der Waals surface area contributed by atoms with Crippen molar-refractivity contribution in [2.75, 3.05) is 12.8 Å². The lowest BCUT2D eigenvalue weighted by atomic mass is 10.2. The summed E-state index contributed by atoms with van der Waals surface area (Å²) in [5.41, 5.74) is 0.622. The third-order valence-electron chi connectivity index (χ3n) is 3.57. The minimum Gasteiger partial charge on any atom is -0.352 e. The van der Waals surface area contributed by atoms with Crippen LogP contribution in [0.5, 0.6) is 0 Å². The molecule has 0 saturated heterocycles. The molecule has 0 unspecified atom stereocenters. The summed E-state index contributed by atoms with van der Waals surface area (Å²) in [6, 6.07) is 5.49. The molecule has 1 heterocycles. The molecular formula is C14H21N3O3S. The first kappa shape index (κ1) is 15.9. The van der Waals surface area contributed by atoms with Crippen LogP contribution in [-0.4, -0.2) is 42.5 Å². The van der Waals surface area contributed by atoms with E-state index in [-0.39, 0.29) is 25.0 Å². The molecule has 1 amide bonds. The van der Waals surface area contributed by atoms with E-state index < -0.39 is 10.0 Å². The molecule has 21 heavy (non-hydrogen) atoms. The topological polar surface area (TPSA) is 79.4 Å². The van der Waals surface area contributed by atoms with Gasteiger partial charge < -0.3 is 5.32 Å². The number of hydrogen-bond acceptors (Lipinski definition) is 4. The summed E-state index contributed by atoms with van der Waals surface area (Å²) < 4.78 is 24.8. The molecule has 1 aromatic rings. The van der Waals surface area contributed by atoms with E-state index in [4.69, 9.17) is 0 Å². The summed E-state index contributed by atoms with van der Waals surface area (Å²) >= 11 is 0. The molecule has 1 aliphatic carbocycles. The molecule has 1 fully saturated rings. The standard InChI is InChI=1S/C14H21N3O3S/c1-21(19,20)17(10-13-8-4-5-9-15-13)11-14(18)16-12-6-2-3-7-12/h4-5,8-9,12H,2-3,6-7,10-11H2,1H3,(H,16,18). The highest BCUT2D eigenvalue weighted by molar-refractivity contribution is 7.88. The third-order valence-corrected chi connectivity index (χ3v) is 4.77. The molecule has 0 atom stereocenters. The van der Waals surface area contributed by atoms with Crippen LogP contribution in [0.1, 0.15) is 31.4 Å². The molecule has 1 saturated carbocycles. The van der Waals surface area contributed by atoms with Crippen LogP contribution in [0.2, 0.25) is 0 Å². The first-order valence-electron chi connectivity index (χ1n) is 7.09. The fraction of sp³-hybridized carbons (Fsp3) is 0.571. The largest absolute Gasteiger partial charge is 0.352 e. The monoisotopic (exact) mass is 311 g/mol. The fourth-order valence-electron chi connectivity index (χ4n) is 2.47. The van der Waals surface area contributed by atoms with E-state index in [0.29, 0.717) is 5.69 Å². The number of carbonyl (C=O) groups is 1. The number of rotatable bonds is 6. The van der Waals surface area contributed by atoms with Crippen LogP contribution in [0.25, 0.3) is 0 Å². The quantitative estimate of drug-likeness (QED) is 0.846. The first-order valence-corrected chi connectivity index (χ1v) is 8.94. The second kappa shape index (κ2) is 7.00. The van der Waals surface area contributed by atoms with Crippen molar-refractivity contribution in [1.82, 2.24) is 14.6 Å². The lowest BCUT2D eigenvalue weighted by Gasteiger charge is -2.20. The zero-order chi connectivity index (χ0) is 15.3. The van der Waals surface area contributed by atoms with Crippen molar-refractivity contribution in [2.45, 2.75) is 38.3 Å². The third kappa shape index (κ3) is 5.09. The summed E-state index contributed by atoms with van der Waals surface area (Å²) in [6.07, 6.45) is 6.91. The van der Waals surface area contributed by atoms with Crippen LogP contribution in [0.15, 0.2) is 24.4 Å². The predicted molar refractivity (Wildman–Crippen MR) is 79.9 cm³/mol. The second-order valence-corrected chi connectivity index (χ2v) is 7.38. The van der Waals surface area contributed by atoms with E-state index in [1.807, 2.05) is 0 Å². The molecule has 7 heteroatoms. The molecule has 1 aromatic heterocycles. The van der Waals surface area contributed by atoms with Gasteiger partial charge in [0.05, 0.1) is 25.0 Å². The highest BCUT2D eigenvalue weighted by Gasteiger charge is 2.23. The SMILES string of the molecule is CS(=O)(=O)N(CC(=O)NC1CCCC1)Cc1ccccn1. The average Bonchev–Trinajstić information content (AvgIpc) is 2.91. The summed E-state index contributed by atoms with van der Waals surface area (Å²) in [7, 11) is -3.46. The van der Waals surface area contributed by atoms with Crippen LogP contribution in [0, 0.1) is 0 Å². The fourth-order valence-corrected chi connectivity index (χ4v) is 3.18. The van der Waals surface area contributed by atoms with Crippen molar-refractivity contribution in [3.05, 3.63) is 30.1 Å². The van der Waals surface area contributed by atoms with Crippen LogP contribution in [-0.2, 0) is 21.4 Å². The van der Waals surface area contributed by atoms with Crippen molar-refractivity contribution >= 4 is 15.9 Å². The van der Waals surface area contributed by atoms with Crippen molar-refractivity contribution < 1.29 is 13.2 Å². The normalized spacial score (nSPS) is 16.3. The number of amides is 1. The van der Waals surface area contributed by atoms with Crippen molar-refractivity contribution in [3.8, 4) is 0 Å². The number of nitrogens with zero attached hydrogens (tertiary/aromatic N) is 2. The summed E-state index contributed by atoms with van der Waals surface area (Å²) in [4.78, 5) is 16.1. The smallest absolute Gasteiger partial charge is 0.235 e. The minimum absolute atomic E-state index is 0.109. The molecule has 0 aromatic carbocycles. The molecule has 0 spiro atoms.